The van der Waals surface area contributed by atoms with Crippen LogP contribution in [0.1, 0.15) is 22.6 Å². The van der Waals surface area contributed by atoms with Crippen LogP contribution in [0.2, 0.25) is 5.02 Å². The van der Waals surface area contributed by atoms with Crippen LogP contribution >= 0.6 is 11.6 Å². The van der Waals surface area contributed by atoms with Gasteiger partial charge in [-0.1, -0.05) is 35.9 Å². The van der Waals surface area contributed by atoms with Crippen molar-refractivity contribution in [2.75, 3.05) is 6.61 Å². The molecule has 3 rings (SSSR count). The molecule has 1 N–H and O–H groups in total. The van der Waals surface area contributed by atoms with Crippen molar-refractivity contribution in [2.45, 2.75) is 18.9 Å². The van der Waals surface area contributed by atoms with Crippen molar-refractivity contribution in [3.63, 3.8) is 0 Å². The Hall–Kier alpha value is -1.51. The molecule has 0 fully saturated rings. The predicted molar refractivity (Wildman–Crippen MR) is 75.8 cm³/mol. The van der Waals surface area contributed by atoms with Gasteiger partial charge in [-0.2, -0.15) is 0 Å². The van der Waals surface area contributed by atoms with Gasteiger partial charge < -0.3 is 9.84 Å². The molecular weight excluding hydrogens is 260 g/mol. The lowest BCUT2D eigenvalue weighted by Gasteiger charge is -2.30. The SMILES string of the molecule is OCc1cc(Cl)ccc1OCC1Cc2ccccc21. The van der Waals surface area contributed by atoms with Crippen LogP contribution < -0.4 is 4.74 Å². The largest absolute Gasteiger partial charge is 0.493 e. The van der Waals surface area contributed by atoms with Crippen molar-refractivity contribution in [3.05, 3.63) is 64.2 Å². The minimum atomic E-state index is -0.0584. The molecule has 1 unspecified atom stereocenters. The second kappa shape index (κ2) is 5.24. The summed E-state index contributed by atoms with van der Waals surface area (Å²) in [5.74, 6) is 1.18. The molecule has 0 aliphatic heterocycles. The van der Waals surface area contributed by atoms with Crippen LogP contribution in [-0.4, -0.2) is 11.7 Å². The van der Waals surface area contributed by atoms with Crippen molar-refractivity contribution in [1.82, 2.24) is 0 Å². The molecule has 2 nitrogen and oxygen atoms in total. The average molecular weight is 275 g/mol. The Morgan fingerprint density at radius 2 is 2.05 bits per heavy atom. The maximum atomic E-state index is 9.30. The summed E-state index contributed by atoms with van der Waals surface area (Å²) in [6, 6.07) is 13.8. The molecule has 2 aromatic carbocycles. The summed E-state index contributed by atoms with van der Waals surface area (Å²) < 4.78 is 5.83. The first-order valence-corrected chi connectivity index (χ1v) is 6.75. The fraction of sp³-hybridized carbons (Fsp3) is 0.250. The van der Waals surface area contributed by atoms with Gasteiger partial charge in [0.1, 0.15) is 5.75 Å². The number of aliphatic hydroxyl groups is 1. The minimum Gasteiger partial charge on any atom is -0.493 e. The number of halogens is 1. The smallest absolute Gasteiger partial charge is 0.124 e. The third-order valence-electron chi connectivity index (χ3n) is 3.59. The van der Waals surface area contributed by atoms with E-state index in [0.717, 1.165) is 17.7 Å². The highest BCUT2D eigenvalue weighted by molar-refractivity contribution is 6.30. The second-order valence-corrected chi connectivity index (χ2v) is 5.26. The Morgan fingerprint density at radius 3 is 2.84 bits per heavy atom. The van der Waals surface area contributed by atoms with Crippen LogP contribution in [0.25, 0.3) is 0 Å². The molecule has 98 valence electrons. The molecule has 19 heavy (non-hydrogen) atoms. The molecule has 0 amide bonds. The van der Waals surface area contributed by atoms with Crippen LogP contribution in [0.15, 0.2) is 42.5 Å². The number of hydrogen-bond acceptors (Lipinski definition) is 2. The summed E-state index contributed by atoms with van der Waals surface area (Å²) in [5, 5.41) is 9.91. The monoisotopic (exact) mass is 274 g/mol. The fourth-order valence-corrected chi connectivity index (χ4v) is 2.71. The second-order valence-electron chi connectivity index (χ2n) is 4.82. The van der Waals surface area contributed by atoms with Gasteiger partial charge in [0.05, 0.1) is 13.2 Å². The highest BCUT2D eigenvalue weighted by Crippen LogP contribution is 2.35. The third-order valence-corrected chi connectivity index (χ3v) is 3.83. The van der Waals surface area contributed by atoms with E-state index in [1.807, 2.05) is 6.07 Å². The summed E-state index contributed by atoms with van der Waals surface area (Å²) in [5.41, 5.74) is 3.52. The first-order chi connectivity index (χ1) is 9.28. The fourth-order valence-electron chi connectivity index (χ4n) is 2.51. The Bertz CT molecular complexity index is 595. The Labute approximate surface area is 117 Å². The quantitative estimate of drug-likeness (QED) is 0.924. The Kier molecular flexibility index (Phi) is 3.45. The summed E-state index contributed by atoms with van der Waals surface area (Å²) in [6.45, 7) is 0.586. The molecular formula is C16H15ClO2. The standard InChI is InChI=1S/C16H15ClO2/c17-14-5-6-16(12(8-14)9-18)19-10-13-7-11-3-1-2-4-15(11)13/h1-6,8,13,18H,7,9-10H2. The first kappa shape index (κ1) is 12.5. The summed E-state index contributed by atoms with van der Waals surface area (Å²) >= 11 is 5.90. The van der Waals surface area contributed by atoms with Crippen molar-refractivity contribution in [3.8, 4) is 5.75 Å². The van der Waals surface area contributed by atoms with Gasteiger partial charge in [0.25, 0.3) is 0 Å². The number of hydrogen-bond donors (Lipinski definition) is 1. The lowest BCUT2D eigenvalue weighted by Crippen LogP contribution is -2.23. The van der Waals surface area contributed by atoms with Gasteiger partial charge >= 0.3 is 0 Å². The molecule has 3 heteroatoms. The van der Waals surface area contributed by atoms with Crippen LogP contribution in [0.3, 0.4) is 0 Å². The van der Waals surface area contributed by atoms with Crippen molar-refractivity contribution in [2.24, 2.45) is 0 Å². The van der Waals surface area contributed by atoms with Crippen molar-refractivity contribution < 1.29 is 9.84 Å². The molecule has 0 saturated carbocycles. The van der Waals surface area contributed by atoms with E-state index in [-0.39, 0.29) is 6.61 Å². The molecule has 0 bridgehead atoms. The van der Waals surface area contributed by atoms with E-state index in [1.54, 1.807) is 12.1 Å². The molecule has 1 aliphatic rings. The molecule has 1 aliphatic carbocycles. The van der Waals surface area contributed by atoms with E-state index in [2.05, 4.69) is 24.3 Å². The molecule has 0 saturated heterocycles. The maximum Gasteiger partial charge on any atom is 0.124 e. The van der Waals surface area contributed by atoms with Crippen LogP contribution in [0.5, 0.6) is 5.75 Å². The normalized spacial score (nSPS) is 16.6. The number of ether oxygens (including phenoxy) is 1. The molecule has 0 heterocycles. The van der Waals surface area contributed by atoms with Gasteiger partial charge in [-0.15, -0.1) is 0 Å². The zero-order chi connectivity index (χ0) is 13.2. The van der Waals surface area contributed by atoms with Crippen LogP contribution in [-0.2, 0) is 13.0 Å². The highest BCUT2D eigenvalue weighted by Gasteiger charge is 2.26. The lowest BCUT2D eigenvalue weighted by atomic mass is 9.78. The molecule has 0 aromatic heterocycles. The summed E-state index contributed by atoms with van der Waals surface area (Å²) in [7, 11) is 0. The van der Waals surface area contributed by atoms with Crippen molar-refractivity contribution >= 4 is 11.6 Å². The zero-order valence-electron chi connectivity index (χ0n) is 10.5. The Morgan fingerprint density at radius 1 is 1.21 bits per heavy atom. The van der Waals surface area contributed by atoms with Crippen molar-refractivity contribution in [1.29, 1.82) is 0 Å². The zero-order valence-corrected chi connectivity index (χ0v) is 11.2. The van der Waals surface area contributed by atoms with Gasteiger partial charge in [-0.05, 0) is 35.7 Å². The summed E-state index contributed by atoms with van der Waals surface area (Å²) in [4.78, 5) is 0. The van der Waals surface area contributed by atoms with Gasteiger partial charge in [0.15, 0.2) is 0 Å². The van der Waals surface area contributed by atoms with E-state index in [4.69, 9.17) is 16.3 Å². The topological polar surface area (TPSA) is 29.5 Å². The number of benzene rings is 2. The third kappa shape index (κ3) is 2.46. The number of rotatable bonds is 4. The van der Waals surface area contributed by atoms with Gasteiger partial charge in [-0.3, -0.25) is 0 Å². The molecule has 0 spiro atoms. The van der Waals surface area contributed by atoms with Gasteiger partial charge in [0, 0.05) is 16.5 Å². The Balaban J connectivity index is 1.68. The van der Waals surface area contributed by atoms with E-state index in [1.165, 1.54) is 11.1 Å². The van der Waals surface area contributed by atoms with E-state index in [0.29, 0.717) is 17.5 Å². The number of fused-ring (bicyclic) bond motifs is 1. The van der Waals surface area contributed by atoms with E-state index in [9.17, 15) is 5.11 Å². The lowest BCUT2D eigenvalue weighted by molar-refractivity contribution is 0.248. The highest BCUT2D eigenvalue weighted by atomic mass is 35.5. The molecule has 2 aromatic rings. The van der Waals surface area contributed by atoms with Gasteiger partial charge in [0.2, 0.25) is 0 Å². The minimum absolute atomic E-state index is 0.0584. The van der Waals surface area contributed by atoms with E-state index >= 15 is 0 Å². The molecule has 0 radical (unpaired) electrons. The average Bonchev–Trinajstić information content (AvgIpc) is 2.41. The summed E-state index contributed by atoms with van der Waals surface area (Å²) in [6.07, 6.45) is 1.07. The van der Waals surface area contributed by atoms with E-state index < -0.39 is 0 Å². The van der Waals surface area contributed by atoms with Crippen LogP contribution in [0, 0.1) is 0 Å². The predicted octanol–water partition coefficient (Wildman–Crippen LogP) is 3.55. The van der Waals surface area contributed by atoms with Crippen LogP contribution in [0.4, 0.5) is 0 Å². The first-order valence-electron chi connectivity index (χ1n) is 6.38. The molecule has 1 atom stereocenters. The number of aliphatic hydroxyl groups excluding tert-OH is 1. The maximum absolute atomic E-state index is 9.30. The van der Waals surface area contributed by atoms with Gasteiger partial charge in [-0.25, -0.2) is 0 Å².